The Balaban J connectivity index is 1.95. The van der Waals surface area contributed by atoms with Gasteiger partial charge in [-0.1, -0.05) is 156 Å². The van der Waals surface area contributed by atoms with Gasteiger partial charge in [0.1, 0.15) is 7.41 Å². The Morgan fingerprint density at radius 3 is 0.900 bits per heavy atom. The minimum atomic E-state index is -1.82. The van der Waals surface area contributed by atoms with E-state index in [0.717, 1.165) is 0 Å². The first-order chi connectivity index (χ1) is 14.7. The van der Waals surface area contributed by atoms with Crippen LogP contribution < -0.4 is 21.2 Å². The molecule has 0 saturated heterocycles. The molecular formula is C27H28P2Si. The third-order valence-electron chi connectivity index (χ3n) is 5.69. The predicted octanol–water partition coefficient (Wildman–Crippen LogP) is 6.34. The van der Waals surface area contributed by atoms with E-state index in [-0.39, 0.29) is 0 Å². The summed E-state index contributed by atoms with van der Waals surface area (Å²) in [4.78, 5) is 0. The Morgan fingerprint density at radius 1 is 0.467 bits per heavy atom. The molecule has 0 spiro atoms. The van der Waals surface area contributed by atoms with E-state index in [4.69, 9.17) is 0 Å². The van der Waals surface area contributed by atoms with E-state index in [1.165, 1.54) is 27.3 Å². The Morgan fingerprint density at radius 2 is 0.700 bits per heavy atom. The third-order valence-corrected chi connectivity index (χ3v) is 26.6. The second-order valence-corrected chi connectivity index (χ2v) is 23.8. The van der Waals surface area contributed by atoms with Crippen molar-refractivity contribution in [3.63, 3.8) is 0 Å². The minimum absolute atomic E-state index is 0.415. The highest BCUT2D eigenvalue weighted by atomic mass is 31.7. The molecule has 0 N–H and O–H groups in total. The van der Waals surface area contributed by atoms with Crippen molar-refractivity contribution >= 4 is 43.6 Å². The SMILES string of the molecule is CC[Si](C)(P(c1ccccc1)c1ccccc1)P(c1ccccc1)c1ccccc1. The molecule has 0 aliphatic heterocycles. The molecule has 4 rings (SSSR count). The van der Waals surface area contributed by atoms with Gasteiger partial charge in [0.25, 0.3) is 0 Å². The monoisotopic (exact) mass is 442 g/mol. The van der Waals surface area contributed by atoms with E-state index < -0.39 is 22.3 Å². The maximum absolute atomic E-state index is 2.67. The normalized spacial score (nSPS) is 11.7. The Labute approximate surface area is 184 Å². The van der Waals surface area contributed by atoms with E-state index in [1.807, 2.05) is 0 Å². The lowest BCUT2D eigenvalue weighted by molar-refractivity contribution is 1.43. The number of benzene rings is 4. The van der Waals surface area contributed by atoms with E-state index in [0.29, 0.717) is 0 Å². The molecule has 150 valence electrons. The van der Waals surface area contributed by atoms with Crippen LogP contribution in [0.1, 0.15) is 6.92 Å². The molecule has 0 aromatic heterocycles. The molecule has 0 saturated carbocycles. The van der Waals surface area contributed by atoms with Gasteiger partial charge in [-0.25, -0.2) is 0 Å². The minimum Gasteiger partial charge on any atom is -0.0671 e. The molecule has 30 heavy (non-hydrogen) atoms. The van der Waals surface area contributed by atoms with Crippen molar-refractivity contribution < 1.29 is 0 Å². The molecule has 0 aliphatic carbocycles. The zero-order chi connectivity index (χ0) is 20.8. The third kappa shape index (κ3) is 4.35. The van der Waals surface area contributed by atoms with Crippen LogP contribution in [-0.4, -0.2) is 7.41 Å². The highest BCUT2D eigenvalue weighted by Gasteiger charge is 2.45. The van der Waals surface area contributed by atoms with Gasteiger partial charge in [-0.15, -0.1) is 0 Å². The molecule has 0 unspecified atom stereocenters. The molecule has 0 aliphatic rings. The molecule has 0 nitrogen and oxygen atoms in total. The lowest BCUT2D eigenvalue weighted by Crippen LogP contribution is -2.40. The van der Waals surface area contributed by atoms with Crippen molar-refractivity contribution in [2.75, 3.05) is 0 Å². The number of hydrogen-bond donors (Lipinski definition) is 0. The Kier molecular flexibility index (Phi) is 6.96. The van der Waals surface area contributed by atoms with Gasteiger partial charge >= 0.3 is 0 Å². The van der Waals surface area contributed by atoms with Gasteiger partial charge in [-0.3, -0.25) is 0 Å². The lowest BCUT2D eigenvalue weighted by Gasteiger charge is -2.43. The van der Waals surface area contributed by atoms with Gasteiger partial charge in [0.15, 0.2) is 0 Å². The summed E-state index contributed by atoms with van der Waals surface area (Å²) in [5.74, 6) is 0. The molecule has 4 aromatic rings. The average Bonchev–Trinajstić information content (AvgIpc) is 2.82. The second-order valence-electron chi connectivity index (χ2n) is 7.58. The van der Waals surface area contributed by atoms with Crippen LogP contribution in [0, 0.1) is 0 Å². The Bertz CT molecular complexity index is 875. The molecular weight excluding hydrogens is 414 g/mol. The summed E-state index contributed by atoms with van der Waals surface area (Å²) in [7, 11) is -2.65. The largest absolute Gasteiger partial charge is 0.124 e. The van der Waals surface area contributed by atoms with Crippen LogP contribution in [0.2, 0.25) is 12.6 Å². The average molecular weight is 443 g/mol. The zero-order valence-corrected chi connectivity index (χ0v) is 20.4. The summed E-state index contributed by atoms with van der Waals surface area (Å²) in [6, 6.07) is 46.5. The molecule has 0 atom stereocenters. The van der Waals surface area contributed by atoms with Crippen molar-refractivity contribution in [1.29, 1.82) is 0 Å². The summed E-state index contributed by atoms with van der Waals surface area (Å²) in [5, 5.41) is 6.09. The topological polar surface area (TPSA) is 0 Å². The first-order valence-corrected chi connectivity index (χ1v) is 17.6. The Hall–Kier alpha value is -2.04. The van der Waals surface area contributed by atoms with E-state index >= 15 is 0 Å². The highest BCUT2D eigenvalue weighted by Crippen LogP contribution is 2.63. The maximum Gasteiger partial charge on any atom is 0.124 e. The maximum atomic E-state index is 2.67. The first kappa shape index (κ1) is 21.2. The molecule has 0 fully saturated rings. The molecule has 0 amide bonds. The van der Waals surface area contributed by atoms with Crippen molar-refractivity contribution in [3.8, 4) is 0 Å². The smallest absolute Gasteiger partial charge is 0.0671 e. The summed E-state index contributed by atoms with van der Waals surface area (Å²) in [5.41, 5.74) is 0. The first-order valence-electron chi connectivity index (χ1n) is 10.5. The summed E-state index contributed by atoms with van der Waals surface area (Å²) >= 11 is 0. The number of hydrogen-bond acceptors (Lipinski definition) is 0. The van der Waals surface area contributed by atoms with Crippen molar-refractivity contribution in [3.05, 3.63) is 121 Å². The van der Waals surface area contributed by atoms with Crippen LogP contribution in [-0.2, 0) is 0 Å². The molecule has 3 heteroatoms. The summed E-state index contributed by atoms with van der Waals surface area (Å²) in [6.07, 6.45) is 0. The van der Waals surface area contributed by atoms with Crippen LogP contribution in [0.3, 0.4) is 0 Å². The van der Waals surface area contributed by atoms with Crippen molar-refractivity contribution in [2.24, 2.45) is 0 Å². The van der Waals surface area contributed by atoms with Gasteiger partial charge in [0, 0.05) is 0 Å². The fourth-order valence-corrected chi connectivity index (χ4v) is 26.6. The lowest BCUT2D eigenvalue weighted by atomic mass is 10.4. The van der Waals surface area contributed by atoms with Gasteiger partial charge in [-0.05, 0) is 21.2 Å². The van der Waals surface area contributed by atoms with Gasteiger partial charge in [-0.2, -0.15) is 0 Å². The van der Waals surface area contributed by atoms with E-state index in [9.17, 15) is 0 Å². The molecule has 0 heterocycles. The fourth-order valence-electron chi connectivity index (χ4n) is 4.14. The van der Waals surface area contributed by atoms with Crippen LogP contribution >= 0.6 is 14.9 Å². The highest BCUT2D eigenvalue weighted by molar-refractivity contribution is 8.33. The van der Waals surface area contributed by atoms with Crippen molar-refractivity contribution in [1.82, 2.24) is 0 Å². The standard InChI is InChI=1S/C27H28P2Si/c1-3-30(2,28(24-16-8-4-9-17-24)25-18-10-5-11-19-25)29(26-20-12-6-13-21-26)27-22-14-7-15-23-27/h4-23H,3H2,1-2H3. The quantitative estimate of drug-likeness (QED) is 0.231. The van der Waals surface area contributed by atoms with E-state index in [1.54, 1.807) is 0 Å². The van der Waals surface area contributed by atoms with Crippen LogP contribution in [0.4, 0.5) is 0 Å². The fraction of sp³-hybridized carbons (Fsp3) is 0.111. The second kappa shape index (κ2) is 9.84. The van der Waals surface area contributed by atoms with Crippen molar-refractivity contribution in [2.45, 2.75) is 19.5 Å². The van der Waals surface area contributed by atoms with Gasteiger partial charge in [0.05, 0.1) is 0 Å². The van der Waals surface area contributed by atoms with Crippen LogP contribution in [0.5, 0.6) is 0 Å². The van der Waals surface area contributed by atoms with Gasteiger partial charge in [0.2, 0.25) is 0 Å². The molecule has 0 radical (unpaired) electrons. The molecule has 4 aromatic carbocycles. The van der Waals surface area contributed by atoms with E-state index in [2.05, 4.69) is 135 Å². The summed E-state index contributed by atoms with van der Waals surface area (Å²) < 4.78 is 0. The van der Waals surface area contributed by atoms with Gasteiger partial charge < -0.3 is 0 Å². The van der Waals surface area contributed by atoms with Crippen LogP contribution in [0.15, 0.2) is 121 Å². The zero-order valence-electron chi connectivity index (χ0n) is 17.6. The molecule has 0 bridgehead atoms. The number of rotatable bonds is 7. The summed E-state index contributed by atoms with van der Waals surface area (Å²) in [6.45, 7) is 5.11. The predicted molar refractivity (Wildman–Crippen MR) is 140 cm³/mol. The van der Waals surface area contributed by atoms with Crippen LogP contribution in [0.25, 0.3) is 0 Å².